The molecule has 1 aromatic carbocycles. The Kier molecular flexibility index (Phi) is 6.61. The Morgan fingerprint density at radius 1 is 1.00 bits per heavy atom. The van der Waals surface area contributed by atoms with Crippen molar-refractivity contribution in [2.75, 3.05) is 0 Å². The summed E-state index contributed by atoms with van der Waals surface area (Å²) in [7, 11) is 0. The molecule has 0 saturated heterocycles. The molecule has 0 N–H and O–H groups in total. The Bertz CT molecular complexity index is 341. The highest BCUT2D eigenvalue weighted by atomic mass is 16.1. The van der Waals surface area contributed by atoms with E-state index >= 15 is 0 Å². The molecular weight excluding hydrogens is 208 g/mol. The van der Waals surface area contributed by atoms with E-state index in [0.29, 0.717) is 6.42 Å². The van der Waals surface area contributed by atoms with Gasteiger partial charge in [0.2, 0.25) is 0 Å². The smallest absolute Gasteiger partial charge is 0.198 e. The first-order valence-corrected chi connectivity index (χ1v) is 6.77. The molecule has 0 heterocycles. The maximum atomic E-state index is 10.2. The lowest BCUT2D eigenvalue weighted by Gasteiger charge is -2.10. The van der Waals surface area contributed by atoms with Crippen LogP contribution in [-0.4, -0.2) is 6.29 Å². The molecule has 1 nitrogen and oxygen atoms in total. The summed E-state index contributed by atoms with van der Waals surface area (Å²) in [6, 6.07) is 6.82. The first-order valence-electron chi connectivity index (χ1n) is 6.77. The Balaban J connectivity index is 2.73. The first kappa shape index (κ1) is 14.0. The first-order chi connectivity index (χ1) is 8.31. The standard InChI is InChI=1S/C16H23O/c1-3-7-15-11-10-14(9-5-6-12-17)13-16(15)8-4-2/h10-11,13H,3-9H2,1-2H3. The van der Waals surface area contributed by atoms with Gasteiger partial charge in [0, 0.05) is 6.42 Å². The molecule has 93 valence electrons. The topological polar surface area (TPSA) is 17.1 Å². The van der Waals surface area contributed by atoms with Crippen LogP contribution in [0, 0.1) is 0 Å². The molecule has 0 aliphatic heterocycles. The molecule has 0 saturated carbocycles. The number of unbranched alkanes of at least 4 members (excludes halogenated alkanes) is 1. The largest absolute Gasteiger partial charge is 0.291 e. The lowest BCUT2D eigenvalue weighted by atomic mass is 9.95. The van der Waals surface area contributed by atoms with Crippen molar-refractivity contribution in [3.63, 3.8) is 0 Å². The molecule has 0 aliphatic carbocycles. The van der Waals surface area contributed by atoms with Crippen molar-refractivity contribution in [3.05, 3.63) is 34.9 Å². The molecule has 1 radical (unpaired) electrons. The highest BCUT2D eigenvalue weighted by Gasteiger charge is 2.03. The molecule has 0 spiro atoms. The highest BCUT2D eigenvalue weighted by molar-refractivity contribution is 5.50. The van der Waals surface area contributed by atoms with Crippen molar-refractivity contribution >= 4 is 6.29 Å². The molecule has 1 heteroatoms. The Morgan fingerprint density at radius 3 is 2.35 bits per heavy atom. The van der Waals surface area contributed by atoms with Gasteiger partial charge in [0.25, 0.3) is 0 Å². The predicted molar refractivity (Wildman–Crippen MR) is 73.1 cm³/mol. The van der Waals surface area contributed by atoms with Crippen molar-refractivity contribution in [2.24, 2.45) is 0 Å². The fraction of sp³-hybridized carbons (Fsp3) is 0.562. The van der Waals surface area contributed by atoms with Gasteiger partial charge < -0.3 is 0 Å². The monoisotopic (exact) mass is 231 g/mol. The zero-order valence-electron chi connectivity index (χ0n) is 11.1. The van der Waals surface area contributed by atoms with Crippen LogP contribution in [0.2, 0.25) is 0 Å². The minimum atomic E-state index is 0.555. The molecule has 0 bridgehead atoms. The number of carbonyl (C=O) groups excluding carboxylic acids is 1. The van der Waals surface area contributed by atoms with Gasteiger partial charge >= 0.3 is 0 Å². The van der Waals surface area contributed by atoms with E-state index in [1.54, 1.807) is 0 Å². The van der Waals surface area contributed by atoms with Crippen LogP contribution in [0.3, 0.4) is 0 Å². The zero-order valence-corrected chi connectivity index (χ0v) is 11.1. The van der Waals surface area contributed by atoms with Gasteiger partial charge in [-0.3, -0.25) is 4.79 Å². The van der Waals surface area contributed by atoms with Gasteiger partial charge in [-0.05, 0) is 42.4 Å². The quantitative estimate of drug-likeness (QED) is 0.617. The summed E-state index contributed by atoms with van der Waals surface area (Å²) in [4.78, 5) is 10.2. The van der Waals surface area contributed by atoms with Crippen molar-refractivity contribution in [2.45, 2.75) is 58.8 Å². The van der Waals surface area contributed by atoms with Crippen LogP contribution in [0.15, 0.2) is 18.2 Å². The Hall–Kier alpha value is -1.11. The van der Waals surface area contributed by atoms with E-state index in [0.717, 1.165) is 12.8 Å². The van der Waals surface area contributed by atoms with Crippen LogP contribution >= 0.6 is 0 Å². The number of benzene rings is 1. The molecule has 0 fully saturated rings. The summed E-state index contributed by atoms with van der Waals surface area (Å²) in [5.74, 6) is 0. The second-order valence-electron chi connectivity index (χ2n) is 4.60. The third-order valence-electron chi connectivity index (χ3n) is 3.05. The van der Waals surface area contributed by atoms with E-state index in [1.165, 1.54) is 42.4 Å². The lowest BCUT2D eigenvalue weighted by Crippen LogP contribution is -1.96. The molecule has 0 aromatic heterocycles. The van der Waals surface area contributed by atoms with Gasteiger partial charge in [-0.15, -0.1) is 0 Å². The van der Waals surface area contributed by atoms with Crippen molar-refractivity contribution in [1.82, 2.24) is 0 Å². The molecule has 1 rings (SSSR count). The predicted octanol–water partition coefficient (Wildman–Crippen LogP) is 4.02. The number of aryl methyl sites for hydroxylation is 3. The second-order valence-corrected chi connectivity index (χ2v) is 4.60. The van der Waals surface area contributed by atoms with Crippen LogP contribution in [0.1, 0.15) is 56.2 Å². The van der Waals surface area contributed by atoms with Crippen molar-refractivity contribution < 1.29 is 4.79 Å². The minimum absolute atomic E-state index is 0.555. The maximum absolute atomic E-state index is 10.2. The van der Waals surface area contributed by atoms with Crippen LogP contribution in [0.5, 0.6) is 0 Å². The molecule has 1 aromatic rings. The zero-order chi connectivity index (χ0) is 12.5. The Morgan fingerprint density at radius 2 is 1.71 bits per heavy atom. The van der Waals surface area contributed by atoms with Crippen LogP contribution in [-0.2, 0) is 24.1 Å². The van der Waals surface area contributed by atoms with Gasteiger partial charge in [0.1, 0.15) is 0 Å². The third kappa shape index (κ3) is 4.72. The number of rotatable bonds is 8. The van der Waals surface area contributed by atoms with Gasteiger partial charge in [0.15, 0.2) is 6.29 Å². The van der Waals surface area contributed by atoms with Gasteiger partial charge in [-0.25, -0.2) is 0 Å². The average molecular weight is 231 g/mol. The normalized spacial score (nSPS) is 10.5. The van der Waals surface area contributed by atoms with E-state index in [2.05, 4.69) is 32.0 Å². The van der Waals surface area contributed by atoms with Gasteiger partial charge in [-0.2, -0.15) is 0 Å². The molecule has 0 atom stereocenters. The van der Waals surface area contributed by atoms with Crippen molar-refractivity contribution in [3.8, 4) is 0 Å². The summed E-state index contributed by atoms with van der Waals surface area (Å²) in [6.45, 7) is 4.45. The van der Waals surface area contributed by atoms with E-state index in [1.807, 2.05) is 6.29 Å². The maximum Gasteiger partial charge on any atom is 0.198 e. The lowest BCUT2D eigenvalue weighted by molar-refractivity contribution is 0.548. The molecule has 0 unspecified atom stereocenters. The molecule has 17 heavy (non-hydrogen) atoms. The molecular formula is C16H23O. The van der Waals surface area contributed by atoms with Gasteiger partial charge in [-0.1, -0.05) is 44.9 Å². The number of hydrogen-bond acceptors (Lipinski definition) is 1. The van der Waals surface area contributed by atoms with Crippen LogP contribution in [0.4, 0.5) is 0 Å². The summed E-state index contributed by atoms with van der Waals surface area (Å²) in [6.07, 6.45) is 9.18. The van der Waals surface area contributed by atoms with Crippen LogP contribution in [0.25, 0.3) is 0 Å². The van der Waals surface area contributed by atoms with E-state index in [-0.39, 0.29) is 0 Å². The number of hydrogen-bond donors (Lipinski definition) is 0. The summed E-state index contributed by atoms with van der Waals surface area (Å²) in [5.41, 5.74) is 4.37. The third-order valence-corrected chi connectivity index (χ3v) is 3.05. The fourth-order valence-corrected chi connectivity index (χ4v) is 2.21. The molecule has 0 aliphatic rings. The molecule has 0 amide bonds. The Labute approximate surface area is 105 Å². The van der Waals surface area contributed by atoms with Gasteiger partial charge in [0.05, 0.1) is 0 Å². The second kappa shape index (κ2) is 8.05. The van der Waals surface area contributed by atoms with Crippen molar-refractivity contribution in [1.29, 1.82) is 0 Å². The average Bonchev–Trinajstić information content (AvgIpc) is 2.33. The summed E-state index contributed by atoms with van der Waals surface area (Å²) in [5, 5.41) is 0. The highest BCUT2D eigenvalue weighted by Crippen LogP contribution is 2.17. The summed E-state index contributed by atoms with van der Waals surface area (Å²) >= 11 is 0. The van der Waals surface area contributed by atoms with E-state index in [4.69, 9.17) is 0 Å². The fourth-order valence-electron chi connectivity index (χ4n) is 2.21. The summed E-state index contributed by atoms with van der Waals surface area (Å²) < 4.78 is 0. The van der Waals surface area contributed by atoms with E-state index in [9.17, 15) is 4.79 Å². The SMILES string of the molecule is CCCc1ccc(CCC[C]=O)cc1CCC. The van der Waals surface area contributed by atoms with E-state index < -0.39 is 0 Å². The minimum Gasteiger partial charge on any atom is -0.291 e. The van der Waals surface area contributed by atoms with Crippen LogP contribution < -0.4 is 0 Å².